The van der Waals surface area contributed by atoms with Gasteiger partial charge in [-0.2, -0.15) is 0 Å². The second-order valence-corrected chi connectivity index (χ2v) is 3.62. The average molecular weight is 295 g/mol. The van der Waals surface area contributed by atoms with Gasteiger partial charge in [-0.1, -0.05) is 13.8 Å². The lowest BCUT2D eigenvalue weighted by Gasteiger charge is -2.29. The van der Waals surface area contributed by atoms with E-state index < -0.39 is 0 Å². The minimum atomic E-state index is 0. The fraction of sp³-hybridized carbons (Fsp3) is 1.00. The maximum Gasteiger partial charge on any atom is 0.0110 e. The Morgan fingerprint density at radius 2 is 1.50 bits per heavy atom. The summed E-state index contributed by atoms with van der Waals surface area (Å²) in [6.07, 6.45) is 0. The van der Waals surface area contributed by atoms with E-state index >= 15 is 0 Å². The standard InChI is InChI=1S/C10H23N3.3ClH/c1-3-12(4-2)9-10-13-7-5-11-6-8-13;;;/h11H,3-10H2,1-2H3;3*1H. The van der Waals surface area contributed by atoms with Gasteiger partial charge >= 0.3 is 0 Å². The van der Waals surface area contributed by atoms with Crippen LogP contribution in [-0.4, -0.2) is 62.2 Å². The summed E-state index contributed by atoms with van der Waals surface area (Å²) < 4.78 is 0. The molecule has 3 nitrogen and oxygen atoms in total. The van der Waals surface area contributed by atoms with Crippen molar-refractivity contribution in [3.63, 3.8) is 0 Å². The van der Waals surface area contributed by atoms with Gasteiger partial charge in [0.05, 0.1) is 0 Å². The van der Waals surface area contributed by atoms with Crippen LogP contribution in [-0.2, 0) is 0 Å². The smallest absolute Gasteiger partial charge is 0.0110 e. The van der Waals surface area contributed by atoms with E-state index in [9.17, 15) is 0 Å². The van der Waals surface area contributed by atoms with Crippen LogP contribution in [0, 0.1) is 0 Å². The molecule has 0 spiro atoms. The second-order valence-electron chi connectivity index (χ2n) is 3.62. The third-order valence-corrected chi connectivity index (χ3v) is 2.84. The molecule has 0 amide bonds. The van der Waals surface area contributed by atoms with Crippen LogP contribution in [0.15, 0.2) is 0 Å². The summed E-state index contributed by atoms with van der Waals surface area (Å²) in [4.78, 5) is 5.04. The first-order valence-corrected chi connectivity index (χ1v) is 5.52. The molecule has 0 saturated carbocycles. The highest BCUT2D eigenvalue weighted by atomic mass is 35.5. The third-order valence-electron chi connectivity index (χ3n) is 2.84. The predicted octanol–water partition coefficient (Wildman–Crippen LogP) is 1.50. The van der Waals surface area contributed by atoms with Gasteiger partial charge in [0.2, 0.25) is 0 Å². The van der Waals surface area contributed by atoms with E-state index in [-0.39, 0.29) is 37.2 Å². The maximum atomic E-state index is 3.38. The van der Waals surface area contributed by atoms with E-state index in [1.165, 1.54) is 39.3 Å². The third kappa shape index (κ3) is 8.85. The van der Waals surface area contributed by atoms with Crippen LogP contribution in [0.5, 0.6) is 0 Å². The number of nitrogens with zero attached hydrogens (tertiary/aromatic N) is 2. The van der Waals surface area contributed by atoms with Gasteiger partial charge in [0.15, 0.2) is 0 Å². The minimum Gasteiger partial charge on any atom is -0.314 e. The number of likely N-dealkylation sites (N-methyl/N-ethyl adjacent to an activating group) is 1. The number of hydrogen-bond acceptors (Lipinski definition) is 3. The van der Waals surface area contributed by atoms with Crippen LogP contribution in [0.1, 0.15) is 13.8 Å². The normalized spacial score (nSPS) is 15.9. The average Bonchev–Trinajstić information content (AvgIpc) is 2.21. The SMILES string of the molecule is CCN(CC)CCN1CCNCC1.Cl.Cl.Cl. The summed E-state index contributed by atoms with van der Waals surface area (Å²) in [5.41, 5.74) is 0. The summed E-state index contributed by atoms with van der Waals surface area (Å²) in [7, 11) is 0. The molecule has 0 bridgehead atoms. The van der Waals surface area contributed by atoms with Crippen LogP contribution in [0.3, 0.4) is 0 Å². The van der Waals surface area contributed by atoms with Crippen molar-refractivity contribution < 1.29 is 0 Å². The highest BCUT2D eigenvalue weighted by Gasteiger charge is 2.09. The van der Waals surface area contributed by atoms with Crippen molar-refractivity contribution in [2.75, 3.05) is 52.4 Å². The highest BCUT2D eigenvalue weighted by Crippen LogP contribution is 1.94. The molecule has 1 aliphatic rings. The van der Waals surface area contributed by atoms with Crippen molar-refractivity contribution >= 4 is 37.2 Å². The summed E-state index contributed by atoms with van der Waals surface area (Å²) in [5.74, 6) is 0. The summed E-state index contributed by atoms with van der Waals surface area (Å²) in [6, 6.07) is 0. The molecule has 0 radical (unpaired) electrons. The molecule has 1 aliphatic heterocycles. The number of piperazine rings is 1. The van der Waals surface area contributed by atoms with Crippen molar-refractivity contribution in [2.24, 2.45) is 0 Å². The zero-order valence-corrected chi connectivity index (χ0v) is 12.7. The molecule has 0 atom stereocenters. The molecule has 102 valence electrons. The minimum absolute atomic E-state index is 0. The van der Waals surface area contributed by atoms with E-state index in [1.807, 2.05) is 0 Å². The molecule has 0 aromatic rings. The Kier molecular flexibility index (Phi) is 19.0. The molecule has 1 heterocycles. The molecule has 16 heavy (non-hydrogen) atoms. The molecular weight excluding hydrogens is 268 g/mol. The van der Waals surface area contributed by atoms with Crippen LogP contribution >= 0.6 is 37.2 Å². The first-order valence-electron chi connectivity index (χ1n) is 5.52. The summed E-state index contributed by atoms with van der Waals surface area (Å²) in [6.45, 7) is 14.1. The lowest BCUT2D eigenvalue weighted by molar-refractivity contribution is 0.197. The quantitative estimate of drug-likeness (QED) is 0.829. The fourth-order valence-corrected chi connectivity index (χ4v) is 1.76. The van der Waals surface area contributed by atoms with Crippen LogP contribution in [0.2, 0.25) is 0 Å². The van der Waals surface area contributed by atoms with Crippen molar-refractivity contribution in [2.45, 2.75) is 13.8 Å². The Morgan fingerprint density at radius 3 is 1.94 bits per heavy atom. The van der Waals surface area contributed by atoms with Gasteiger partial charge in [0.1, 0.15) is 0 Å². The highest BCUT2D eigenvalue weighted by molar-refractivity contribution is 5.86. The molecule has 0 unspecified atom stereocenters. The van der Waals surface area contributed by atoms with Crippen molar-refractivity contribution in [3.05, 3.63) is 0 Å². The van der Waals surface area contributed by atoms with Crippen molar-refractivity contribution in [1.29, 1.82) is 0 Å². The lowest BCUT2D eigenvalue weighted by Crippen LogP contribution is -2.46. The molecule has 0 aromatic heterocycles. The van der Waals surface area contributed by atoms with Gasteiger partial charge in [-0.05, 0) is 13.1 Å². The van der Waals surface area contributed by atoms with E-state index in [0.717, 1.165) is 13.1 Å². The Balaban J connectivity index is -0.000000563. The number of hydrogen-bond donors (Lipinski definition) is 1. The summed E-state index contributed by atoms with van der Waals surface area (Å²) >= 11 is 0. The lowest BCUT2D eigenvalue weighted by atomic mass is 10.3. The Hall–Kier alpha value is 0.750. The van der Waals surface area contributed by atoms with E-state index in [2.05, 4.69) is 29.0 Å². The second kappa shape index (κ2) is 13.8. The van der Waals surface area contributed by atoms with Gasteiger partial charge in [0, 0.05) is 39.3 Å². The van der Waals surface area contributed by atoms with Gasteiger partial charge in [0.25, 0.3) is 0 Å². The zero-order chi connectivity index (χ0) is 9.52. The first-order chi connectivity index (χ1) is 6.36. The molecule has 1 N–H and O–H groups in total. The predicted molar refractivity (Wildman–Crippen MR) is 78.8 cm³/mol. The summed E-state index contributed by atoms with van der Waals surface area (Å²) in [5, 5.41) is 3.38. The van der Waals surface area contributed by atoms with E-state index in [4.69, 9.17) is 0 Å². The van der Waals surface area contributed by atoms with Gasteiger partial charge in [-0.3, -0.25) is 4.90 Å². The van der Waals surface area contributed by atoms with Gasteiger partial charge in [-0.25, -0.2) is 0 Å². The Morgan fingerprint density at radius 1 is 1.00 bits per heavy atom. The van der Waals surface area contributed by atoms with Crippen LogP contribution in [0.25, 0.3) is 0 Å². The van der Waals surface area contributed by atoms with E-state index in [1.54, 1.807) is 0 Å². The fourth-order valence-electron chi connectivity index (χ4n) is 1.76. The van der Waals surface area contributed by atoms with Gasteiger partial charge in [-0.15, -0.1) is 37.2 Å². The number of nitrogens with one attached hydrogen (secondary N) is 1. The number of rotatable bonds is 5. The van der Waals surface area contributed by atoms with Gasteiger partial charge < -0.3 is 10.2 Å². The molecule has 0 aliphatic carbocycles. The molecule has 1 fully saturated rings. The molecular formula is C10H26Cl3N3. The molecule has 6 heteroatoms. The topological polar surface area (TPSA) is 18.5 Å². The molecule has 1 rings (SSSR count). The molecule has 0 aromatic carbocycles. The Bertz CT molecular complexity index is 128. The van der Waals surface area contributed by atoms with Crippen LogP contribution < -0.4 is 5.32 Å². The Labute approximate surface area is 119 Å². The zero-order valence-electron chi connectivity index (χ0n) is 10.3. The largest absolute Gasteiger partial charge is 0.314 e. The first kappa shape index (κ1) is 22.0. The van der Waals surface area contributed by atoms with Crippen molar-refractivity contribution in [1.82, 2.24) is 15.1 Å². The van der Waals surface area contributed by atoms with Crippen LogP contribution in [0.4, 0.5) is 0 Å². The van der Waals surface area contributed by atoms with Crippen molar-refractivity contribution in [3.8, 4) is 0 Å². The number of halogens is 3. The maximum absolute atomic E-state index is 3.38. The van der Waals surface area contributed by atoms with E-state index in [0.29, 0.717) is 0 Å². The monoisotopic (exact) mass is 293 g/mol. The molecule has 1 saturated heterocycles.